The summed E-state index contributed by atoms with van der Waals surface area (Å²) in [6.07, 6.45) is 1.63. The molecule has 0 aromatic heterocycles. The van der Waals surface area contributed by atoms with E-state index in [1.165, 1.54) is 19.2 Å². The van der Waals surface area contributed by atoms with Gasteiger partial charge in [-0.3, -0.25) is 0 Å². The monoisotopic (exact) mass is 212 g/mol. The fourth-order valence-corrected chi connectivity index (χ4v) is 1.48. The van der Waals surface area contributed by atoms with Crippen LogP contribution in [0.4, 0.5) is 4.39 Å². The Balaban J connectivity index is 2.82. The molecule has 0 aliphatic rings. The highest BCUT2D eigenvalue weighted by atomic mass is 19.1. The van der Waals surface area contributed by atoms with Crippen LogP contribution in [-0.2, 0) is 0 Å². The van der Waals surface area contributed by atoms with Gasteiger partial charge >= 0.3 is 0 Å². The van der Waals surface area contributed by atoms with Gasteiger partial charge < -0.3 is 16.2 Å². The molecule has 15 heavy (non-hydrogen) atoms. The van der Waals surface area contributed by atoms with Crippen LogP contribution in [0.1, 0.15) is 24.4 Å². The van der Waals surface area contributed by atoms with Crippen molar-refractivity contribution in [1.82, 2.24) is 0 Å². The number of rotatable bonds is 5. The second-order valence-corrected chi connectivity index (χ2v) is 3.42. The van der Waals surface area contributed by atoms with Crippen LogP contribution in [0.3, 0.4) is 0 Å². The van der Waals surface area contributed by atoms with Crippen LogP contribution in [0.15, 0.2) is 18.2 Å². The minimum absolute atomic E-state index is 0.149. The molecule has 0 amide bonds. The molecule has 1 atom stereocenters. The zero-order valence-electron chi connectivity index (χ0n) is 8.87. The van der Waals surface area contributed by atoms with Crippen molar-refractivity contribution in [3.8, 4) is 5.75 Å². The maximum absolute atomic E-state index is 12.9. The van der Waals surface area contributed by atoms with E-state index in [2.05, 4.69) is 0 Å². The predicted molar refractivity (Wildman–Crippen MR) is 58.2 cm³/mol. The predicted octanol–water partition coefficient (Wildman–Crippen LogP) is 1.57. The number of halogens is 1. The number of hydrogen-bond donors (Lipinski definition) is 2. The van der Waals surface area contributed by atoms with Gasteiger partial charge in [-0.25, -0.2) is 4.39 Å². The maximum Gasteiger partial charge on any atom is 0.126 e. The third kappa shape index (κ3) is 3.18. The molecule has 84 valence electrons. The highest BCUT2D eigenvalue weighted by Crippen LogP contribution is 2.26. The Morgan fingerprint density at radius 3 is 2.80 bits per heavy atom. The molecular weight excluding hydrogens is 195 g/mol. The van der Waals surface area contributed by atoms with Crippen LogP contribution in [0.25, 0.3) is 0 Å². The Hall–Kier alpha value is -1.13. The molecule has 4 N–H and O–H groups in total. The summed E-state index contributed by atoms with van der Waals surface area (Å²) >= 11 is 0. The topological polar surface area (TPSA) is 61.3 Å². The van der Waals surface area contributed by atoms with Gasteiger partial charge in [-0.05, 0) is 25.5 Å². The Labute approximate surface area is 89.2 Å². The van der Waals surface area contributed by atoms with Gasteiger partial charge in [-0.15, -0.1) is 0 Å². The number of hydrogen-bond acceptors (Lipinski definition) is 3. The van der Waals surface area contributed by atoms with Crippen LogP contribution in [0.2, 0.25) is 0 Å². The molecule has 0 fully saturated rings. The van der Waals surface area contributed by atoms with E-state index in [9.17, 15) is 4.39 Å². The molecular formula is C11H17FN2O. The molecule has 1 aromatic rings. The minimum atomic E-state index is -0.318. The van der Waals surface area contributed by atoms with Crippen molar-refractivity contribution in [2.75, 3.05) is 13.7 Å². The molecule has 0 radical (unpaired) electrons. The SMILES string of the molecule is COc1cc(F)ccc1[C@H](N)CCCN. The van der Waals surface area contributed by atoms with Gasteiger partial charge in [-0.2, -0.15) is 0 Å². The lowest BCUT2D eigenvalue weighted by molar-refractivity contribution is 0.400. The second-order valence-electron chi connectivity index (χ2n) is 3.42. The van der Waals surface area contributed by atoms with Gasteiger partial charge in [0, 0.05) is 17.7 Å². The van der Waals surface area contributed by atoms with Gasteiger partial charge in [0.25, 0.3) is 0 Å². The summed E-state index contributed by atoms with van der Waals surface area (Å²) < 4.78 is 18.0. The van der Waals surface area contributed by atoms with E-state index in [1.807, 2.05) is 0 Å². The van der Waals surface area contributed by atoms with Crippen molar-refractivity contribution >= 4 is 0 Å². The fourth-order valence-electron chi connectivity index (χ4n) is 1.48. The number of methoxy groups -OCH3 is 1. The molecule has 0 unspecified atom stereocenters. The molecule has 0 bridgehead atoms. The van der Waals surface area contributed by atoms with Crippen LogP contribution in [0, 0.1) is 5.82 Å². The van der Waals surface area contributed by atoms with Crippen molar-refractivity contribution in [2.45, 2.75) is 18.9 Å². The van der Waals surface area contributed by atoms with Gasteiger partial charge in [0.1, 0.15) is 11.6 Å². The summed E-state index contributed by atoms with van der Waals surface area (Å²) in [6, 6.07) is 4.25. The Morgan fingerprint density at radius 1 is 1.47 bits per heavy atom. The van der Waals surface area contributed by atoms with Crippen molar-refractivity contribution in [2.24, 2.45) is 11.5 Å². The lowest BCUT2D eigenvalue weighted by Gasteiger charge is -2.15. The van der Waals surface area contributed by atoms with E-state index in [0.717, 1.165) is 18.4 Å². The molecule has 1 aromatic carbocycles. The fraction of sp³-hybridized carbons (Fsp3) is 0.455. The maximum atomic E-state index is 12.9. The highest BCUT2D eigenvalue weighted by Gasteiger charge is 2.11. The quantitative estimate of drug-likeness (QED) is 0.778. The molecule has 4 heteroatoms. The third-order valence-corrected chi connectivity index (χ3v) is 2.31. The first-order valence-electron chi connectivity index (χ1n) is 4.98. The zero-order valence-corrected chi connectivity index (χ0v) is 8.87. The number of nitrogens with two attached hydrogens (primary N) is 2. The first-order chi connectivity index (χ1) is 7.19. The van der Waals surface area contributed by atoms with Crippen molar-refractivity contribution in [3.63, 3.8) is 0 Å². The second kappa shape index (κ2) is 5.68. The normalized spacial score (nSPS) is 12.5. The summed E-state index contributed by atoms with van der Waals surface area (Å²) in [6.45, 7) is 0.608. The van der Waals surface area contributed by atoms with E-state index in [4.69, 9.17) is 16.2 Å². The van der Waals surface area contributed by atoms with E-state index < -0.39 is 0 Å². The van der Waals surface area contributed by atoms with Crippen LogP contribution >= 0.6 is 0 Å². The Bertz CT molecular complexity index is 317. The minimum Gasteiger partial charge on any atom is -0.496 e. The molecule has 1 rings (SSSR count). The van der Waals surface area contributed by atoms with E-state index in [0.29, 0.717) is 12.3 Å². The molecule has 3 nitrogen and oxygen atoms in total. The average molecular weight is 212 g/mol. The Kier molecular flexibility index (Phi) is 4.52. The molecule has 0 spiro atoms. The summed E-state index contributed by atoms with van der Waals surface area (Å²) in [4.78, 5) is 0. The smallest absolute Gasteiger partial charge is 0.126 e. The summed E-state index contributed by atoms with van der Waals surface area (Å²) in [7, 11) is 1.51. The average Bonchev–Trinajstić information content (AvgIpc) is 2.25. The van der Waals surface area contributed by atoms with E-state index >= 15 is 0 Å². The zero-order chi connectivity index (χ0) is 11.3. The Morgan fingerprint density at radius 2 is 2.20 bits per heavy atom. The van der Waals surface area contributed by atoms with Crippen molar-refractivity contribution in [3.05, 3.63) is 29.6 Å². The van der Waals surface area contributed by atoms with Gasteiger partial charge in [0.15, 0.2) is 0 Å². The van der Waals surface area contributed by atoms with Crippen LogP contribution in [-0.4, -0.2) is 13.7 Å². The first-order valence-corrected chi connectivity index (χ1v) is 4.98. The number of ether oxygens (including phenoxy) is 1. The molecule has 0 saturated carbocycles. The molecule has 0 saturated heterocycles. The summed E-state index contributed by atoms with van der Waals surface area (Å²) in [5, 5.41) is 0. The third-order valence-electron chi connectivity index (χ3n) is 2.31. The van der Waals surface area contributed by atoms with Crippen molar-refractivity contribution < 1.29 is 9.13 Å². The molecule has 0 heterocycles. The van der Waals surface area contributed by atoms with Crippen molar-refractivity contribution in [1.29, 1.82) is 0 Å². The standard InChI is InChI=1S/C11H17FN2O/c1-15-11-7-8(12)4-5-9(11)10(14)3-2-6-13/h4-5,7,10H,2-3,6,13-14H2,1H3/t10-/m1/s1. The molecule has 0 aliphatic heterocycles. The largest absolute Gasteiger partial charge is 0.496 e. The van der Waals surface area contributed by atoms with Gasteiger partial charge in [-0.1, -0.05) is 6.07 Å². The van der Waals surface area contributed by atoms with E-state index in [1.54, 1.807) is 6.07 Å². The van der Waals surface area contributed by atoms with Gasteiger partial charge in [0.2, 0.25) is 0 Å². The lowest BCUT2D eigenvalue weighted by atomic mass is 10.0. The highest BCUT2D eigenvalue weighted by molar-refractivity contribution is 5.36. The lowest BCUT2D eigenvalue weighted by Crippen LogP contribution is -2.13. The van der Waals surface area contributed by atoms with E-state index in [-0.39, 0.29) is 11.9 Å². The summed E-state index contributed by atoms with van der Waals surface area (Å²) in [5.74, 6) is 0.182. The number of benzene rings is 1. The first kappa shape index (κ1) is 11.9. The van der Waals surface area contributed by atoms with Crippen LogP contribution in [0.5, 0.6) is 5.75 Å². The van der Waals surface area contributed by atoms with Gasteiger partial charge in [0.05, 0.1) is 7.11 Å². The summed E-state index contributed by atoms with van der Waals surface area (Å²) in [5.41, 5.74) is 12.2. The molecule has 0 aliphatic carbocycles. The van der Waals surface area contributed by atoms with Crippen LogP contribution < -0.4 is 16.2 Å².